The van der Waals surface area contributed by atoms with E-state index < -0.39 is 21.7 Å². The van der Waals surface area contributed by atoms with Crippen LogP contribution in [0.2, 0.25) is 0 Å². The van der Waals surface area contributed by atoms with Crippen LogP contribution in [0.25, 0.3) is 0 Å². The highest BCUT2D eigenvalue weighted by atomic mass is 32.2. The van der Waals surface area contributed by atoms with Crippen LogP contribution in [0, 0.1) is 17.8 Å². The minimum absolute atomic E-state index is 0.0513. The topological polar surface area (TPSA) is 118 Å². The molecule has 1 saturated heterocycles. The maximum absolute atomic E-state index is 13.2. The van der Waals surface area contributed by atoms with Crippen LogP contribution in [-0.4, -0.2) is 61.5 Å². The van der Waals surface area contributed by atoms with Crippen molar-refractivity contribution < 1.29 is 22.7 Å². The van der Waals surface area contributed by atoms with Gasteiger partial charge in [-0.1, -0.05) is 13.3 Å². The van der Waals surface area contributed by atoms with Gasteiger partial charge in [0.05, 0.1) is 0 Å². The molecule has 184 valence electrons. The molecule has 0 spiro atoms. The monoisotopic (exact) mass is 480 g/mol. The van der Waals surface area contributed by atoms with Gasteiger partial charge in [-0.25, -0.2) is 13.2 Å². The highest BCUT2D eigenvalue weighted by Gasteiger charge is 2.47. The molecule has 0 unspecified atom stereocenters. The van der Waals surface area contributed by atoms with Crippen molar-refractivity contribution in [1.82, 2.24) is 19.9 Å². The van der Waals surface area contributed by atoms with Gasteiger partial charge >= 0.3 is 6.09 Å². The van der Waals surface area contributed by atoms with Crippen molar-refractivity contribution in [3.8, 4) is 0 Å². The maximum Gasteiger partial charge on any atom is 0.407 e. The third-order valence-corrected chi connectivity index (χ3v) is 8.56. The molecule has 2 amide bonds. The van der Waals surface area contributed by atoms with Crippen molar-refractivity contribution in [2.24, 2.45) is 17.8 Å². The molecule has 0 radical (unpaired) electrons. The second kappa shape index (κ2) is 10.4. The van der Waals surface area contributed by atoms with Crippen molar-refractivity contribution in [1.29, 1.82) is 0 Å². The molecule has 9 nitrogen and oxygen atoms in total. The summed E-state index contributed by atoms with van der Waals surface area (Å²) in [5.41, 5.74) is -0.780. The van der Waals surface area contributed by atoms with E-state index in [1.54, 1.807) is 18.3 Å². The molecule has 0 bridgehead atoms. The average molecular weight is 481 g/mol. The van der Waals surface area contributed by atoms with E-state index in [4.69, 9.17) is 4.74 Å². The van der Waals surface area contributed by atoms with Gasteiger partial charge in [-0.15, -0.1) is 0 Å². The molecule has 1 aliphatic carbocycles. The fourth-order valence-corrected chi connectivity index (χ4v) is 6.66. The Hall–Kier alpha value is -2.20. The lowest BCUT2D eigenvalue weighted by molar-refractivity contribution is -0.128. The van der Waals surface area contributed by atoms with Crippen LogP contribution >= 0.6 is 0 Å². The van der Waals surface area contributed by atoms with Crippen molar-refractivity contribution >= 4 is 22.0 Å². The van der Waals surface area contributed by atoms with Gasteiger partial charge in [0.2, 0.25) is 15.9 Å². The third-order valence-electron chi connectivity index (χ3n) is 6.74. The molecule has 10 heteroatoms. The van der Waals surface area contributed by atoms with Gasteiger partial charge in [0.25, 0.3) is 0 Å². The number of sulfonamides is 1. The van der Waals surface area contributed by atoms with E-state index in [0.717, 1.165) is 19.3 Å². The van der Waals surface area contributed by atoms with Crippen molar-refractivity contribution in [3.05, 3.63) is 24.5 Å². The van der Waals surface area contributed by atoms with E-state index in [9.17, 15) is 18.0 Å². The number of pyridine rings is 1. The number of carbonyl (C=O) groups excluding carboxylic acids is 2. The van der Waals surface area contributed by atoms with Gasteiger partial charge in [-0.3, -0.25) is 9.78 Å². The second-order valence-electron chi connectivity index (χ2n) is 9.72. The van der Waals surface area contributed by atoms with E-state index in [2.05, 4.69) is 15.6 Å². The summed E-state index contributed by atoms with van der Waals surface area (Å²) < 4.78 is 33.0. The molecule has 1 aromatic rings. The van der Waals surface area contributed by atoms with Crippen LogP contribution in [-0.2, 0) is 19.6 Å². The zero-order chi connectivity index (χ0) is 24.2. The number of amides is 2. The highest BCUT2D eigenvalue weighted by Crippen LogP contribution is 2.40. The molecular weight excluding hydrogens is 444 g/mol. The summed E-state index contributed by atoms with van der Waals surface area (Å²) in [4.78, 5) is 29.0. The third kappa shape index (κ3) is 6.03. The fourth-order valence-electron chi connectivity index (χ4n) is 5.16. The van der Waals surface area contributed by atoms with Gasteiger partial charge in [0.1, 0.15) is 10.5 Å². The maximum atomic E-state index is 13.2. The van der Waals surface area contributed by atoms with Crippen LogP contribution < -0.4 is 10.6 Å². The summed E-state index contributed by atoms with van der Waals surface area (Å²) in [6.07, 6.45) is 6.09. The molecule has 1 saturated carbocycles. The zero-order valence-corrected chi connectivity index (χ0v) is 20.7. The standard InChI is InChI=1S/C23H36N4O5S/c1-5-7-16(12-23(2,3)32-22(29)24-4)21(28)26-20-10-9-17-14-27(15-19(17)20)33(30,31)18-8-6-11-25-13-18/h6,8,11,13,16-17,19-20H,5,7,9-10,12,14-15H2,1-4H3,(H,24,29)(H,26,28)/t16-,17+,19-,20-/m0/s1. The Bertz CT molecular complexity index is 937. The summed E-state index contributed by atoms with van der Waals surface area (Å²) in [5, 5.41) is 5.66. The lowest BCUT2D eigenvalue weighted by Gasteiger charge is -2.30. The predicted molar refractivity (Wildman–Crippen MR) is 124 cm³/mol. The smallest absolute Gasteiger partial charge is 0.407 e. The number of rotatable bonds is 9. The first-order valence-corrected chi connectivity index (χ1v) is 13.1. The SMILES string of the molecule is CCC[C@@H](CC(C)(C)OC(=O)NC)C(=O)N[C@H]1CC[C@@H]2CN(S(=O)(=O)c3cccnc3)C[C@@H]21. The Kier molecular flexibility index (Phi) is 8.00. The van der Waals surface area contributed by atoms with Crippen molar-refractivity contribution in [3.63, 3.8) is 0 Å². The average Bonchev–Trinajstić information content (AvgIpc) is 3.36. The summed E-state index contributed by atoms with van der Waals surface area (Å²) in [6, 6.07) is 3.13. The molecule has 33 heavy (non-hydrogen) atoms. The number of fused-ring (bicyclic) bond motifs is 1. The minimum Gasteiger partial charge on any atom is -0.444 e. The van der Waals surface area contributed by atoms with Gasteiger partial charge in [0, 0.05) is 44.5 Å². The van der Waals surface area contributed by atoms with Crippen LogP contribution in [0.5, 0.6) is 0 Å². The Morgan fingerprint density at radius 3 is 2.70 bits per heavy atom. The number of hydrogen-bond acceptors (Lipinski definition) is 6. The summed E-state index contributed by atoms with van der Waals surface area (Å²) in [5.74, 6) is -0.00724. The molecule has 1 aliphatic heterocycles. The Labute approximate surface area is 196 Å². The molecule has 2 N–H and O–H groups in total. The highest BCUT2D eigenvalue weighted by molar-refractivity contribution is 7.89. The van der Waals surface area contributed by atoms with Crippen molar-refractivity contribution in [2.45, 2.75) is 69.4 Å². The number of hydrogen-bond donors (Lipinski definition) is 2. The molecule has 3 rings (SSSR count). The molecule has 1 aromatic heterocycles. The first kappa shape index (κ1) is 25.4. The minimum atomic E-state index is -3.59. The number of aromatic nitrogens is 1. The summed E-state index contributed by atoms with van der Waals surface area (Å²) >= 11 is 0. The predicted octanol–water partition coefficient (Wildman–Crippen LogP) is 2.54. The van der Waals surface area contributed by atoms with Gasteiger partial charge in [-0.05, 0) is 63.5 Å². The first-order chi connectivity index (χ1) is 15.6. The van der Waals surface area contributed by atoms with Gasteiger partial charge in [-0.2, -0.15) is 4.31 Å². The first-order valence-electron chi connectivity index (χ1n) is 11.7. The Morgan fingerprint density at radius 1 is 1.30 bits per heavy atom. The van der Waals surface area contributed by atoms with E-state index in [-0.39, 0.29) is 34.6 Å². The molecular formula is C23H36N4O5S. The Morgan fingerprint density at radius 2 is 2.06 bits per heavy atom. The molecule has 2 aliphatic rings. The van der Waals surface area contributed by atoms with E-state index in [1.807, 2.05) is 20.8 Å². The van der Waals surface area contributed by atoms with Crippen LogP contribution in [0.1, 0.15) is 52.9 Å². The molecule has 2 fully saturated rings. The summed E-state index contributed by atoms with van der Waals surface area (Å²) in [7, 11) is -2.09. The van der Waals surface area contributed by atoms with Gasteiger partial charge < -0.3 is 15.4 Å². The molecule has 0 aromatic carbocycles. The number of nitrogens with one attached hydrogen (secondary N) is 2. The normalized spacial score (nSPS) is 24.2. The largest absolute Gasteiger partial charge is 0.444 e. The summed E-state index contributed by atoms with van der Waals surface area (Å²) in [6.45, 7) is 6.51. The van der Waals surface area contributed by atoms with Crippen molar-refractivity contribution in [2.75, 3.05) is 20.1 Å². The van der Waals surface area contributed by atoms with E-state index >= 15 is 0 Å². The number of nitrogens with zero attached hydrogens (tertiary/aromatic N) is 2. The Balaban J connectivity index is 1.64. The van der Waals surface area contributed by atoms with Crippen LogP contribution in [0.3, 0.4) is 0 Å². The van der Waals surface area contributed by atoms with Gasteiger partial charge in [0.15, 0.2) is 0 Å². The number of carbonyl (C=O) groups is 2. The fraction of sp³-hybridized carbons (Fsp3) is 0.696. The lowest BCUT2D eigenvalue weighted by Crippen LogP contribution is -2.45. The zero-order valence-electron chi connectivity index (χ0n) is 19.9. The second-order valence-corrected chi connectivity index (χ2v) is 11.7. The quantitative estimate of drug-likeness (QED) is 0.561. The van der Waals surface area contributed by atoms with E-state index in [0.29, 0.717) is 25.9 Å². The van der Waals surface area contributed by atoms with E-state index in [1.165, 1.54) is 17.5 Å². The van der Waals surface area contributed by atoms with Crippen LogP contribution in [0.15, 0.2) is 29.4 Å². The lowest BCUT2D eigenvalue weighted by atomic mass is 9.88. The molecule has 2 heterocycles. The number of ether oxygens (including phenoxy) is 1. The number of alkyl carbamates (subject to hydrolysis) is 1. The molecule has 4 atom stereocenters. The van der Waals surface area contributed by atoms with Crippen LogP contribution in [0.4, 0.5) is 4.79 Å².